The summed E-state index contributed by atoms with van der Waals surface area (Å²) < 4.78 is 47.3. The van der Waals surface area contributed by atoms with Gasteiger partial charge in [-0.05, 0) is 60.2 Å². The predicted molar refractivity (Wildman–Crippen MR) is 151 cm³/mol. The zero-order valence-electron chi connectivity index (χ0n) is 22.0. The minimum Gasteiger partial charge on any atom is -0.455 e. The van der Waals surface area contributed by atoms with Crippen LogP contribution in [0.25, 0.3) is 10.8 Å². The second kappa shape index (κ2) is 11.6. The molecular weight excluding hydrogens is 531 g/mol. The van der Waals surface area contributed by atoms with Gasteiger partial charge < -0.3 is 9.64 Å². The standard InChI is InChI=1S/C31H29FN2O5S/c1-2-33(28-13-7-10-22-8-3-5-11-26(22)28)30(35)21-39-31(36)20-29-27-12-6-4-9-23(27)18-19-34(29)40(37,38)25-16-14-24(32)15-17-25/h3-17,29H,2,18-21H2,1H3/t29-/m1/s1. The molecule has 0 saturated heterocycles. The molecule has 4 aromatic carbocycles. The summed E-state index contributed by atoms with van der Waals surface area (Å²) in [6.45, 7) is 1.90. The van der Waals surface area contributed by atoms with Crippen molar-refractivity contribution in [2.75, 3.05) is 24.6 Å². The molecule has 0 aliphatic carbocycles. The molecule has 40 heavy (non-hydrogen) atoms. The minimum atomic E-state index is -4.04. The Kier molecular flexibility index (Phi) is 7.95. The highest BCUT2D eigenvalue weighted by atomic mass is 32.2. The predicted octanol–water partition coefficient (Wildman–Crippen LogP) is 5.25. The molecule has 206 valence electrons. The first kappa shape index (κ1) is 27.5. The molecule has 0 spiro atoms. The lowest BCUT2D eigenvalue weighted by Crippen LogP contribution is -2.41. The van der Waals surface area contributed by atoms with Gasteiger partial charge in [-0.1, -0.05) is 60.7 Å². The van der Waals surface area contributed by atoms with Crippen molar-refractivity contribution in [2.45, 2.75) is 30.7 Å². The molecule has 1 heterocycles. The second-order valence-corrected chi connectivity index (χ2v) is 11.4. The highest BCUT2D eigenvalue weighted by Gasteiger charge is 2.38. The van der Waals surface area contributed by atoms with Gasteiger partial charge in [-0.2, -0.15) is 4.31 Å². The van der Waals surface area contributed by atoms with Crippen LogP contribution in [0.2, 0.25) is 0 Å². The quantitative estimate of drug-likeness (QED) is 0.275. The maximum absolute atomic E-state index is 13.5. The third-order valence-corrected chi connectivity index (χ3v) is 9.10. The van der Waals surface area contributed by atoms with Crippen LogP contribution >= 0.6 is 0 Å². The Balaban J connectivity index is 1.35. The van der Waals surface area contributed by atoms with E-state index >= 15 is 0 Å². The van der Waals surface area contributed by atoms with Crippen LogP contribution in [0, 0.1) is 5.82 Å². The molecule has 0 radical (unpaired) electrons. The van der Waals surface area contributed by atoms with Crippen LogP contribution in [0.1, 0.15) is 30.5 Å². The van der Waals surface area contributed by atoms with E-state index in [1.54, 1.807) is 17.0 Å². The zero-order valence-corrected chi connectivity index (χ0v) is 22.8. The Hall–Kier alpha value is -4.08. The molecule has 1 atom stereocenters. The van der Waals surface area contributed by atoms with Gasteiger partial charge in [0, 0.05) is 18.5 Å². The van der Waals surface area contributed by atoms with Crippen molar-refractivity contribution in [3.63, 3.8) is 0 Å². The van der Waals surface area contributed by atoms with E-state index in [0.717, 1.165) is 34.2 Å². The number of sulfonamides is 1. The summed E-state index contributed by atoms with van der Waals surface area (Å²) in [5, 5.41) is 1.90. The molecule has 0 saturated carbocycles. The minimum absolute atomic E-state index is 0.0597. The maximum Gasteiger partial charge on any atom is 0.308 e. The summed E-state index contributed by atoms with van der Waals surface area (Å²) in [6, 6.07) is 24.5. The molecular formula is C31H29FN2O5S. The van der Waals surface area contributed by atoms with E-state index in [0.29, 0.717) is 18.5 Å². The number of fused-ring (bicyclic) bond motifs is 2. The van der Waals surface area contributed by atoms with Crippen LogP contribution in [0.3, 0.4) is 0 Å². The number of ether oxygens (including phenoxy) is 1. The molecule has 1 amide bonds. The Morgan fingerprint density at radius 3 is 2.42 bits per heavy atom. The third-order valence-electron chi connectivity index (χ3n) is 7.17. The number of benzene rings is 4. The van der Waals surface area contributed by atoms with Gasteiger partial charge in [-0.3, -0.25) is 9.59 Å². The van der Waals surface area contributed by atoms with Crippen molar-refractivity contribution >= 4 is 38.4 Å². The summed E-state index contributed by atoms with van der Waals surface area (Å²) in [7, 11) is -4.04. The molecule has 1 aliphatic rings. The van der Waals surface area contributed by atoms with E-state index in [1.165, 1.54) is 16.4 Å². The summed E-state index contributed by atoms with van der Waals surface area (Å²) in [5.74, 6) is -1.62. The monoisotopic (exact) mass is 560 g/mol. The highest BCUT2D eigenvalue weighted by molar-refractivity contribution is 7.89. The number of hydrogen-bond donors (Lipinski definition) is 0. The van der Waals surface area contributed by atoms with Gasteiger partial charge in [0.2, 0.25) is 10.0 Å². The number of esters is 1. The van der Waals surface area contributed by atoms with Crippen molar-refractivity contribution in [1.82, 2.24) is 4.31 Å². The maximum atomic E-state index is 13.5. The van der Waals surface area contributed by atoms with E-state index in [-0.39, 0.29) is 23.8 Å². The smallest absolute Gasteiger partial charge is 0.308 e. The Morgan fingerprint density at radius 2 is 1.65 bits per heavy atom. The number of carbonyl (C=O) groups excluding carboxylic acids is 2. The number of halogens is 1. The van der Waals surface area contributed by atoms with Crippen molar-refractivity contribution in [3.05, 3.63) is 108 Å². The van der Waals surface area contributed by atoms with Gasteiger partial charge >= 0.3 is 5.97 Å². The number of amides is 1. The van der Waals surface area contributed by atoms with Crippen LogP contribution in [0.4, 0.5) is 10.1 Å². The number of nitrogens with zero attached hydrogens (tertiary/aromatic N) is 2. The average Bonchev–Trinajstić information content (AvgIpc) is 2.97. The van der Waals surface area contributed by atoms with Crippen LogP contribution < -0.4 is 4.90 Å². The third kappa shape index (κ3) is 5.48. The fourth-order valence-electron chi connectivity index (χ4n) is 5.23. The van der Waals surface area contributed by atoms with Gasteiger partial charge in [0.25, 0.3) is 5.91 Å². The molecule has 0 bridgehead atoms. The molecule has 0 N–H and O–H groups in total. The number of carbonyl (C=O) groups is 2. The SMILES string of the molecule is CCN(C(=O)COC(=O)C[C@@H]1c2ccccc2CCN1S(=O)(=O)c1ccc(F)cc1)c1cccc2ccccc12. The van der Waals surface area contributed by atoms with E-state index < -0.39 is 34.5 Å². The summed E-state index contributed by atoms with van der Waals surface area (Å²) >= 11 is 0. The first-order valence-electron chi connectivity index (χ1n) is 13.1. The van der Waals surface area contributed by atoms with Gasteiger partial charge in [-0.15, -0.1) is 0 Å². The molecule has 9 heteroatoms. The van der Waals surface area contributed by atoms with Crippen LogP contribution in [-0.2, 0) is 30.8 Å². The number of hydrogen-bond acceptors (Lipinski definition) is 5. The lowest BCUT2D eigenvalue weighted by molar-refractivity contribution is -0.148. The summed E-state index contributed by atoms with van der Waals surface area (Å²) in [6.07, 6.45) is 0.197. The van der Waals surface area contributed by atoms with E-state index in [9.17, 15) is 22.4 Å². The van der Waals surface area contributed by atoms with Crippen LogP contribution in [0.15, 0.2) is 95.9 Å². The zero-order chi connectivity index (χ0) is 28.3. The molecule has 0 aromatic heterocycles. The van der Waals surface area contributed by atoms with Gasteiger partial charge in [0.05, 0.1) is 23.0 Å². The lowest BCUT2D eigenvalue weighted by Gasteiger charge is -2.36. The molecule has 5 rings (SSSR count). The molecule has 0 unspecified atom stereocenters. The first-order valence-corrected chi connectivity index (χ1v) is 14.5. The normalized spacial score (nSPS) is 15.4. The Bertz CT molecular complexity index is 1650. The molecule has 1 aliphatic heterocycles. The van der Waals surface area contributed by atoms with Crippen molar-refractivity contribution in [2.24, 2.45) is 0 Å². The van der Waals surface area contributed by atoms with E-state index in [4.69, 9.17) is 4.74 Å². The average molecular weight is 561 g/mol. The van der Waals surface area contributed by atoms with Gasteiger partial charge in [0.1, 0.15) is 5.82 Å². The number of rotatable bonds is 8. The van der Waals surface area contributed by atoms with Gasteiger partial charge in [0.15, 0.2) is 6.61 Å². The number of likely N-dealkylation sites (N-methyl/N-ethyl adjacent to an activating group) is 1. The van der Waals surface area contributed by atoms with Crippen LogP contribution in [-0.4, -0.2) is 44.3 Å². The Morgan fingerprint density at radius 1 is 0.950 bits per heavy atom. The van der Waals surface area contributed by atoms with Crippen LogP contribution in [0.5, 0.6) is 0 Å². The highest BCUT2D eigenvalue weighted by Crippen LogP contribution is 2.36. The van der Waals surface area contributed by atoms with Gasteiger partial charge in [-0.25, -0.2) is 12.8 Å². The first-order chi connectivity index (χ1) is 19.3. The van der Waals surface area contributed by atoms with Crippen molar-refractivity contribution in [1.29, 1.82) is 0 Å². The van der Waals surface area contributed by atoms with Crippen molar-refractivity contribution in [3.8, 4) is 0 Å². The van der Waals surface area contributed by atoms with E-state index in [1.807, 2.05) is 61.5 Å². The largest absolute Gasteiger partial charge is 0.455 e. The lowest BCUT2D eigenvalue weighted by atomic mass is 9.92. The Labute approximate surface area is 232 Å². The fraction of sp³-hybridized carbons (Fsp3) is 0.226. The molecule has 4 aromatic rings. The fourth-order valence-corrected chi connectivity index (χ4v) is 6.84. The van der Waals surface area contributed by atoms with Crippen molar-refractivity contribution < 1.29 is 27.1 Å². The molecule has 7 nitrogen and oxygen atoms in total. The summed E-state index contributed by atoms with van der Waals surface area (Å²) in [5.41, 5.74) is 2.36. The summed E-state index contributed by atoms with van der Waals surface area (Å²) in [4.78, 5) is 27.7. The van der Waals surface area contributed by atoms with E-state index in [2.05, 4.69) is 0 Å². The number of anilines is 1. The molecule has 0 fully saturated rings. The second-order valence-electron chi connectivity index (χ2n) is 9.54. The topological polar surface area (TPSA) is 84.0 Å².